The lowest BCUT2D eigenvalue weighted by Crippen LogP contribution is -2.46. The third-order valence-electron chi connectivity index (χ3n) is 4.54. The first kappa shape index (κ1) is 17.2. The lowest BCUT2D eigenvalue weighted by atomic mass is 10.2. The molecule has 1 fully saturated rings. The van der Waals surface area contributed by atoms with Gasteiger partial charge >= 0.3 is 0 Å². The Labute approximate surface area is 157 Å². The zero-order valence-corrected chi connectivity index (χ0v) is 15.0. The standard InChI is InChI=1S/C17H15N5O4S/c23-21(24)12-5-6-14(15(11-12)22(25)26)19-7-9-20(10-8-19)17-18-13-3-1-2-4-16(13)27-17/h1-6,11H,7-10H2. The minimum Gasteiger partial charge on any atom is -0.362 e. The molecule has 9 nitrogen and oxygen atoms in total. The number of non-ortho nitro benzene ring substituents is 1. The van der Waals surface area contributed by atoms with Crippen molar-refractivity contribution in [3.8, 4) is 0 Å². The van der Waals surface area contributed by atoms with E-state index < -0.39 is 9.85 Å². The van der Waals surface area contributed by atoms with Crippen LogP contribution in [0.2, 0.25) is 0 Å². The van der Waals surface area contributed by atoms with Crippen LogP contribution < -0.4 is 9.80 Å². The highest BCUT2D eigenvalue weighted by Crippen LogP contribution is 2.34. The molecule has 0 atom stereocenters. The van der Waals surface area contributed by atoms with Gasteiger partial charge in [-0.15, -0.1) is 0 Å². The van der Waals surface area contributed by atoms with E-state index >= 15 is 0 Å². The van der Waals surface area contributed by atoms with Gasteiger partial charge in [-0.1, -0.05) is 23.5 Å². The first-order valence-corrected chi connectivity index (χ1v) is 9.13. The predicted octanol–water partition coefficient (Wildman–Crippen LogP) is 3.44. The van der Waals surface area contributed by atoms with Crippen molar-refractivity contribution in [1.82, 2.24) is 4.98 Å². The molecule has 2 aromatic carbocycles. The minimum absolute atomic E-state index is 0.238. The lowest BCUT2D eigenvalue weighted by molar-refractivity contribution is -0.393. The van der Waals surface area contributed by atoms with Crippen molar-refractivity contribution in [1.29, 1.82) is 0 Å². The zero-order valence-electron chi connectivity index (χ0n) is 14.1. The van der Waals surface area contributed by atoms with Crippen LogP contribution in [0.5, 0.6) is 0 Å². The van der Waals surface area contributed by atoms with Crippen LogP contribution in [0, 0.1) is 20.2 Å². The molecule has 0 saturated carbocycles. The second-order valence-electron chi connectivity index (χ2n) is 6.13. The first-order valence-electron chi connectivity index (χ1n) is 8.31. The normalized spacial score (nSPS) is 14.5. The molecule has 4 rings (SSSR count). The van der Waals surface area contributed by atoms with Crippen LogP contribution in [0.25, 0.3) is 10.2 Å². The Hall–Kier alpha value is -3.27. The number of aromatic nitrogens is 1. The van der Waals surface area contributed by atoms with Crippen molar-refractivity contribution in [3.05, 3.63) is 62.7 Å². The molecule has 2 heterocycles. The summed E-state index contributed by atoms with van der Waals surface area (Å²) in [5, 5.41) is 23.2. The Kier molecular flexibility index (Phi) is 4.32. The van der Waals surface area contributed by atoms with Crippen molar-refractivity contribution in [2.75, 3.05) is 36.0 Å². The van der Waals surface area contributed by atoms with Crippen LogP contribution in [0.15, 0.2) is 42.5 Å². The van der Waals surface area contributed by atoms with Gasteiger partial charge in [-0.2, -0.15) is 0 Å². The number of nitro groups is 2. The zero-order chi connectivity index (χ0) is 19.0. The lowest BCUT2D eigenvalue weighted by Gasteiger charge is -2.35. The fraction of sp³-hybridized carbons (Fsp3) is 0.235. The predicted molar refractivity (Wildman–Crippen MR) is 104 cm³/mol. The van der Waals surface area contributed by atoms with Crippen LogP contribution in [-0.2, 0) is 0 Å². The molecule has 0 bridgehead atoms. The molecule has 1 aliphatic heterocycles. The molecule has 0 spiro atoms. The topological polar surface area (TPSA) is 106 Å². The molecule has 0 amide bonds. The third-order valence-corrected chi connectivity index (χ3v) is 5.64. The number of hydrogen-bond acceptors (Lipinski definition) is 8. The number of nitro benzene ring substituents is 2. The molecule has 0 N–H and O–H groups in total. The Morgan fingerprint density at radius 3 is 2.30 bits per heavy atom. The molecule has 1 aromatic heterocycles. The summed E-state index contributed by atoms with van der Waals surface area (Å²) in [5.74, 6) is 0. The molecule has 138 valence electrons. The minimum atomic E-state index is -0.623. The van der Waals surface area contributed by atoms with Crippen molar-refractivity contribution in [2.24, 2.45) is 0 Å². The molecule has 0 unspecified atom stereocenters. The number of benzene rings is 2. The van der Waals surface area contributed by atoms with Crippen LogP contribution in [0.3, 0.4) is 0 Å². The number of piperazine rings is 1. The molecule has 3 aromatic rings. The van der Waals surface area contributed by atoms with E-state index in [0.717, 1.165) is 21.4 Å². The van der Waals surface area contributed by atoms with Gasteiger partial charge in [0.2, 0.25) is 0 Å². The van der Waals surface area contributed by atoms with E-state index in [2.05, 4.69) is 9.88 Å². The summed E-state index contributed by atoms with van der Waals surface area (Å²) in [5.41, 5.74) is 0.858. The van der Waals surface area contributed by atoms with Crippen LogP contribution in [-0.4, -0.2) is 41.0 Å². The first-order chi connectivity index (χ1) is 13.0. The van der Waals surface area contributed by atoms with E-state index in [-0.39, 0.29) is 11.4 Å². The monoisotopic (exact) mass is 385 g/mol. The number of thiazole rings is 1. The number of rotatable bonds is 4. The van der Waals surface area contributed by atoms with Crippen molar-refractivity contribution in [2.45, 2.75) is 0 Å². The van der Waals surface area contributed by atoms with Gasteiger partial charge in [-0.25, -0.2) is 4.98 Å². The maximum Gasteiger partial charge on any atom is 0.299 e. The Bertz CT molecular complexity index is 996. The SMILES string of the molecule is O=[N+]([O-])c1ccc(N2CCN(c3nc4ccccc4s3)CC2)c([N+](=O)[O-])c1. The molecule has 1 saturated heterocycles. The Morgan fingerprint density at radius 1 is 0.926 bits per heavy atom. The van der Waals surface area contributed by atoms with E-state index in [1.54, 1.807) is 11.3 Å². The fourth-order valence-corrected chi connectivity index (χ4v) is 4.19. The van der Waals surface area contributed by atoms with Crippen LogP contribution in [0.1, 0.15) is 0 Å². The van der Waals surface area contributed by atoms with Crippen LogP contribution in [0.4, 0.5) is 22.2 Å². The average Bonchev–Trinajstić information content (AvgIpc) is 3.12. The number of hydrogen-bond donors (Lipinski definition) is 0. The van der Waals surface area contributed by atoms with Gasteiger partial charge < -0.3 is 9.80 Å². The van der Waals surface area contributed by atoms with Crippen LogP contribution >= 0.6 is 11.3 Å². The van der Waals surface area contributed by atoms with E-state index in [1.165, 1.54) is 12.1 Å². The third kappa shape index (κ3) is 3.26. The van der Waals surface area contributed by atoms with E-state index in [1.807, 2.05) is 29.2 Å². The summed E-state index contributed by atoms with van der Waals surface area (Å²) in [6.45, 7) is 2.51. The summed E-state index contributed by atoms with van der Waals surface area (Å²) in [6.07, 6.45) is 0. The number of fused-ring (bicyclic) bond motifs is 1. The summed E-state index contributed by atoms with van der Waals surface area (Å²) in [4.78, 5) is 29.8. The average molecular weight is 385 g/mol. The molecule has 10 heteroatoms. The van der Waals surface area contributed by atoms with Gasteiger partial charge in [0.05, 0.1) is 26.1 Å². The number of para-hydroxylation sites is 1. The van der Waals surface area contributed by atoms with Gasteiger partial charge in [0.15, 0.2) is 5.13 Å². The van der Waals surface area contributed by atoms with Crippen molar-refractivity contribution < 1.29 is 9.85 Å². The highest BCUT2D eigenvalue weighted by atomic mass is 32.1. The highest BCUT2D eigenvalue weighted by molar-refractivity contribution is 7.22. The quantitative estimate of drug-likeness (QED) is 0.500. The van der Waals surface area contributed by atoms with Gasteiger partial charge in [0, 0.05) is 32.2 Å². The Balaban J connectivity index is 1.53. The van der Waals surface area contributed by atoms with Crippen molar-refractivity contribution >= 4 is 43.7 Å². The molecular weight excluding hydrogens is 370 g/mol. The van der Waals surface area contributed by atoms with E-state index in [9.17, 15) is 20.2 Å². The van der Waals surface area contributed by atoms with Gasteiger partial charge in [-0.05, 0) is 18.2 Å². The number of nitrogens with zero attached hydrogens (tertiary/aromatic N) is 5. The largest absolute Gasteiger partial charge is 0.362 e. The summed E-state index contributed by atoms with van der Waals surface area (Å²) < 4.78 is 1.13. The molecule has 27 heavy (non-hydrogen) atoms. The second-order valence-corrected chi connectivity index (χ2v) is 7.13. The Morgan fingerprint density at radius 2 is 1.63 bits per heavy atom. The smallest absolute Gasteiger partial charge is 0.299 e. The number of anilines is 2. The summed E-state index contributed by atoms with van der Waals surface area (Å²) >= 11 is 1.63. The molecule has 0 radical (unpaired) electrons. The maximum atomic E-state index is 11.4. The highest BCUT2D eigenvalue weighted by Gasteiger charge is 2.27. The van der Waals surface area contributed by atoms with Gasteiger partial charge in [-0.3, -0.25) is 20.2 Å². The summed E-state index contributed by atoms with van der Waals surface area (Å²) in [6, 6.07) is 11.7. The van der Waals surface area contributed by atoms with E-state index in [4.69, 9.17) is 0 Å². The molecule has 1 aliphatic rings. The van der Waals surface area contributed by atoms with E-state index in [0.29, 0.717) is 31.9 Å². The molecule has 0 aliphatic carbocycles. The fourth-order valence-electron chi connectivity index (χ4n) is 3.17. The van der Waals surface area contributed by atoms with Gasteiger partial charge in [0.25, 0.3) is 11.4 Å². The maximum absolute atomic E-state index is 11.4. The second kappa shape index (κ2) is 6.80. The molecular formula is C17H15N5O4S. The van der Waals surface area contributed by atoms with Crippen molar-refractivity contribution in [3.63, 3.8) is 0 Å². The van der Waals surface area contributed by atoms with Gasteiger partial charge in [0.1, 0.15) is 5.69 Å². The summed E-state index contributed by atoms with van der Waals surface area (Å²) in [7, 11) is 0.